The molecule has 7 heteroatoms. The average Bonchev–Trinajstić information content (AvgIpc) is 2.59. The predicted molar refractivity (Wildman–Crippen MR) is 52.6 cm³/mol. The van der Waals surface area contributed by atoms with E-state index in [9.17, 15) is 13.2 Å². The lowest BCUT2D eigenvalue weighted by molar-refractivity contribution is 0.529. The van der Waals surface area contributed by atoms with Crippen LogP contribution in [0.1, 0.15) is 5.69 Å². The minimum Gasteiger partial charge on any atom is -0.384 e. The van der Waals surface area contributed by atoms with Crippen LogP contribution in [0, 0.1) is 28.8 Å². The summed E-state index contributed by atoms with van der Waals surface area (Å²) >= 11 is 0. The molecule has 0 spiro atoms. The summed E-state index contributed by atoms with van der Waals surface area (Å²) in [5.41, 5.74) is 4.74. The fourth-order valence-corrected chi connectivity index (χ4v) is 1.37. The first-order valence-corrected chi connectivity index (χ1v) is 4.43. The Balaban J connectivity index is 2.69. The number of benzene rings is 1. The number of hydrogen-bond donors (Lipinski definition) is 1. The van der Waals surface area contributed by atoms with Gasteiger partial charge in [-0.3, -0.25) is 0 Å². The number of nitrogen functional groups attached to an aromatic ring is 1. The fraction of sp³-hybridized carbons (Fsp3) is 0. The molecule has 1 aromatic carbocycles. The van der Waals surface area contributed by atoms with E-state index < -0.39 is 23.1 Å². The topological polar surface area (TPSA) is 67.6 Å². The van der Waals surface area contributed by atoms with Gasteiger partial charge in [0.2, 0.25) is 0 Å². The molecular weight excluding hydrogens is 233 g/mol. The normalized spacial score (nSPS) is 10.2. The lowest BCUT2D eigenvalue weighted by Gasteiger charge is -2.06. The molecule has 1 aromatic heterocycles. The molecule has 0 fully saturated rings. The maximum absolute atomic E-state index is 13.4. The van der Waals surface area contributed by atoms with Gasteiger partial charge in [0, 0.05) is 18.2 Å². The number of rotatable bonds is 1. The van der Waals surface area contributed by atoms with Crippen molar-refractivity contribution in [1.29, 1.82) is 5.26 Å². The van der Waals surface area contributed by atoms with Crippen LogP contribution in [0.15, 0.2) is 18.2 Å². The van der Waals surface area contributed by atoms with Gasteiger partial charge in [-0.15, -0.1) is 0 Å². The van der Waals surface area contributed by atoms with Crippen LogP contribution < -0.4 is 5.73 Å². The summed E-state index contributed by atoms with van der Waals surface area (Å²) in [4.78, 5) is 0. The Bertz CT molecular complexity index is 604. The highest BCUT2D eigenvalue weighted by Crippen LogP contribution is 2.21. The third-order valence-electron chi connectivity index (χ3n) is 2.04. The quantitative estimate of drug-likeness (QED) is 0.822. The zero-order chi connectivity index (χ0) is 12.6. The molecule has 0 amide bonds. The number of nitrogens with two attached hydrogens (primary N) is 1. The van der Waals surface area contributed by atoms with E-state index in [2.05, 4.69) is 5.10 Å². The van der Waals surface area contributed by atoms with Crippen molar-refractivity contribution in [3.8, 4) is 11.8 Å². The van der Waals surface area contributed by atoms with Gasteiger partial charge in [-0.05, 0) is 0 Å². The van der Waals surface area contributed by atoms with Gasteiger partial charge in [0.15, 0.2) is 17.3 Å². The van der Waals surface area contributed by atoms with E-state index in [-0.39, 0.29) is 11.5 Å². The van der Waals surface area contributed by atoms with E-state index in [1.165, 1.54) is 0 Å². The average molecular weight is 238 g/mol. The molecule has 2 N–H and O–H groups in total. The van der Waals surface area contributed by atoms with Crippen LogP contribution in [-0.2, 0) is 0 Å². The molecule has 4 nitrogen and oxygen atoms in total. The second kappa shape index (κ2) is 3.83. The van der Waals surface area contributed by atoms with Gasteiger partial charge in [0.1, 0.15) is 23.4 Å². The molecule has 2 aromatic rings. The van der Waals surface area contributed by atoms with Crippen LogP contribution in [-0.4, -0.2) is 9.78 Å². The van der Waals surface area contributed by atoms with Crippen LogP contribution in [0.25, 0.3) is 5.69 Å². The van der Waals surface area contributed by atoms with E-state index in [1.54, 1.807) is 6.07 Å². The second-order valence-corrected chi connectivity index (χ2v) is 3.20. The second-order valence-electron chi connectivity index (χ2n) is 3.20. The Hall–Kier alpha value is -2.49. The fourth-order valence-electron chi connectivity index (χ4n) is 1.37. The molecule has 0 aliphatic rings. The minimum absolute atomic E-state index is 0.0920. The Morgan fingerprint density at radius 3 is 2.24 bits per heavy atom. The van der Waals surface area contributed by atoms with Gasteiger partial charge in [0.25, 0.3) is 0 Å². The molecule has 0 aliphatic carbocycles. The van der Waals surface area contributed by atoms with Gasteiger partial charge >= 0.3 is 0 Å². The third-order valence-corrected chi connectivity index (χ3v) is 2.04. The van der Waals surface area contributed by atoms with Crippen molar-refractivity contribution < 1.29 is 13.2 Å². The van der Waals surface area contributed by atoms with Crippen LogP contribution in [0.3, 0.4) is 0 Å². The van der Waals surface area contributed by atoms with Crippen molar-refractivity contribution in [3.63, 3.8) is 0 Å². The SMILES string of the molecule is N#Cc1cc(N)n(-c2c(F)cc(F)cc2F)n1. The zero-order valence-corrected chi connectivity index (χ0v) is 8.28. The number of nitriles is 1. The molecular formula is C10H5F3N4. The summed E-state index contributed by atoms with van der Waals surface area (Å²) in [5, 5.41) is 12.2. The molecule has 0 atom stereocenters. The smallest absolute Gasteiger partial charge is 0.165 e. The molecule has 0 saturated carbocycles. The molecule has 17 heavy (non-hydrogen) atoms. The summed E-state index contributed by atoms with van der Waals surface area (Å²) in [6.45, 7) is 0. The van der Waals surface area contributed by atoms with Crippen LogP contribution in [0.4, 0.5) is 19.0 Å². The van der Waals surface area contributed by atoms with Crippen molar-refractivity contribution >= 4 is 5.82 Å². The first-order valence-electron chi connectivity index (χ1n) is 4.43. The number of anilines is 1. The Morgan fingerprint density at radius 2 is 1.76 bits per heavy atom. The Kier molecular flexibility index (Phi) is 2.48. The lowest BCUT2D eigenvalue weighted by Crippen LogP contribution is -2.07. The van der Waals surface area contributed by atoms with E-state index in [0.717, 1.165) is 6.07 Å². The van der Waals surface area contributed by atoms with E-state index in [4.69, 9.17) is 11.0 Å². The molecule has 0 saturated heterocycles. The Labute approximate surface area is 93.7 Å². The first-order chi connectivity index (χ1) is 8.02. The van der Waals surface area contributed by atoms with Crippen molar-refractivity contribution in [2.75, 3.05) is 5.73 Å². The largest absolute Gasteiger partial charge is 0.384 e. The number of hydrogen-bond acceptors (Lipinski definition) is 3. The predicted octanol–water partition coefficient (Wildman–Crippen LogP) is 1.74. The van der Waals surface area contributed by atoms with Crippen molar-refractivity contribution in [3.05, 3.63) is 41.3 Å². The maximum atomic E-state index is 13.4. The summed E-state index contributed by atoms with van der Waals surface area (Å²) < 4.78 is 40.2. The molecule has 1 heterocycles. The third kappa shape index (κ3) is 1.80. The van der Waals surface area contributed by atoms with Gasteiger partial charge in [0.05, 0.1) is 0 Å². The highest BCUT2D eigenvalue weighted by atomic mass is 19.1. The molecule has 0 unspecified atom stereocenters. The highest BCUT2D eigenvalue weighted by molar-refractivity contribution is 5.46. The van der Waals surface area contributed by atoms with Crippen molar-refractivity contribution in [1.82, 2.24) is 9.78 Å². The first kappa shape index (κ1) is 11.0. The van der Waals surface area contributed by atoms with Crippen molar-refractivity contribution in [2.24, 2.45) is 0 Å². The molecule has 0 radical (unpaired) electrons. The van der Waals surface area contributed by atoms with Gasteiger partial charge < -0.3 is 5.73 Å². The van der Waals surface area contributed by atoms with E-state index in [1.807, 2.05) is 0 Å². The van der Waals surface area contributed by atoms with Crippen molar-refractivity contribution in [2.45, 2.75) is 0 Å². The van der Waals surface area contributed by atoms with Crippen LogP contribution in [0.5, 0.6) is 0 Å². The Morgan fingerprint density at radius 1 is 1.18 bits per heavy atom. The number of aromatic nitrogens is 2. The van der Waals surface area contributed by atoms with E-state index in [0.29, 0.717) is 16.8 Å². The molecule has 0 bridgehead atoms. The van der Waals surface area contributed by atoms with Gasteiger partial charge in [-0.1, -0.05) is 0 Å². The monoisotopic (exact) mass is 238 g/mol. The zero-order valence-electron chi connectivity index (χ0n) is 8.28. The molecule has 0 aliphatic heterocycles. The minimum atomic E-state index is -1.15. The van der Waals surface area contributed by atoms with Crippen LogP contribution in [0.2, 0.25) is 0 Å². The van der Waals surface area contributed by atoms with E-state index >= 15 is 0 Å². The van der Waals surface area contributed by atoms with Gasteiger partial charge in [-0.2, -0.15) is 10.4 Å². The standard InChI is InChI=1S/C10H5F3N4/c11-5-1-7(12)10(8(13)2-5)17-9(15)3-6(4-14)16-17/h1-3H,15H2. The lowest BCUT2D eigenvalue weighted by atomic mass is 10.3. The van der Waals surface area contributed by atoms with Gasteiger partial charge in [-0.25, -0.2) is 17.9 Å². The number of halogens is 3. The summed E-state index contributed by atoms with van der Waals surface area (Å²) in [5.74, 6) is -3.47. The van der Waals surface area contributed by atoms with Crippen LogP contribution >= 0.6 is 0 Å². The highest BCUT2D eigenvalue weighted by Gasteiger charge is 2.17. The maximum Gasteiger partial charge on any atom is 0.165 e. The summed E-state index contributed by atoms with van der Waals surface area (Å²) in [7, 11) is 0. The number of nitrogens with zero attached hydrogens (tertiary/aromatic N) is 3. The summed E-state index contributed by atoms with van der Waals surface area (Å²) in [6, 6.07) is 3.84. The molecule has 2 rings (SSSR count). The molecule has 86 valence electrons. The summed E-state index contributed by atoms with van der Waals surface area (Å²) in [6.07, 6.45) is 0.